The van der Waals surface area contributed by atoms with Gasteiger partial charge >= 0.3 is 5.91 Å². The zero-order chi connectivity index (χ0) is 20.5. The van der Waals surface area contributed by atoms with Gasteiger partial charge in [-0.3, -0.25) is 4.79 Å². The van der Waals surface area contributed by atoms with Gasteiger partial charge in [-0.15, -0.1) is 6.58 Å². The molecule has 2 aromatic heterocycles. The number of carbonyl (C=O) groups is 1. The minimum absolute atomic E-state index is 0.221. The lowest BCUT2D eigenvalue weighted by Crippen LogP contribution is -2.16. The molecule has 0 radical (unpaired) electrons. The van der Waals surface area contributed by atoms with Gasteiger partial charge in [0.25, 0.3) is 0 Å². The minimum atomic E-state index is -0.392. The first-order valence-corrected chi connectivity index (χ1v) is 10.8. The maximum Gasteiger partial charge on any atom is 0.307 e. The molecule has 4 aromatic rings. The molecule has 4 rings (SSSR count). The number of carbonyl (C=O) groups excluding carboxylic acids is 1. The van der Waals surface area contributed by atoms with Gasteiger partial charge in [-0.2, -0.15) is 5.10 Å². The van der Waals surface area contributed by atoms with E-state index in [1.807, 2.05) is 43.3 Å². The number of hydrogen-bond acceptors (Lipinski definition) is 3. The topological polar surface area (TPSA) is 59.5 Å². The highest BCUT2D eigenvalue weighted by atomic mass is 127. The summed E-state index contributed by atoms with van der Waals surface area (Å²) >= 11 is 5.64. The predicted molar refractivity (Wildman–Crippen MR) is 129 cm³/mol. The number of benzene rings is 2. The van der Waals surface area contributed by atoms with Gasteiger partial charge in [0, 0.05) is 38.6 Å². The van der Waals surface area contributed by atoms with E-state index in [2.05, 4.69) is 66.3 Å². The summed E-state index contributed by atoms with van der Waals surface area (Å²) in [5.74, 6) is -0.171. The van der Waals surface area contributed by atoms with Crippen molar-refractivity contribution in [2.75, 3.05) is 0 Å². The molecular weight excluding hydrogens is 545 g/mol. The van der Waals surface area contributed by atoms with Gasteiger partial charge < -0.3 is 8.98 Å². The molecule has 2 aromatic carbocycles. The van der Waals surface area contributed by atoms with E-state index in [1.165, 1.54) is 0 Å². The zero-order valence-corrected chi connectivity index (χ0v) is 19.3. The minimum Gasteiger partial charge on any atom is -0.450 e. The molecule has 146 valence electrons. The van der Waals surface area contributed by atoms with Crippen LogP contribution in [0, 0.1) is 10.5 Å². The van der Waals surface area contributed by atoms with Crippen LogP contribution in [-0.4, -0.2) is 16.7 Å². The van der Waals surface area contributed by atoms with Crippen LogP contribution in [0.25, 0.3) is 21.9 Å². The lowest BCUT2D eigenvalue weighted by molar-refractivity contribution is 0.0929. The van der Waals surface area contributed by atoms with Crippen molar-refractivity contribution in [1.82, 2.24) is 9.99 Å². The Kier molecular flexibility index (Phi) is 5.60. The molecule has 0 spiro atoms. The van der Waals surface area contributed by atoms with E-state index in [-0.39, 0.29) is 5.76 Å². The average Bonchev–Trinajstić information content (AvgIpc) is 3.23. The molecule has 0 atom stereocenters. The molecule has 0 aliphatic carbocycles. The largest absolute Gasteiger partial charge is 0.450 e. The summed E-state index contributed by atoms with van der Waals surface area (Å²) in [6, 6.07) is 13.7. The number of fused-ring (bicyclic) bond motifs is 2. The predicted octanol–water partition coefficient (Wildman–Crippen LogP) is 6.01. The van der Waals surface area contributed by atoms with Gasteiger partial charge in [0.1, 0.15) is 5.58 Å². The van der Waals surface area contributed by atoms with Crippen LogP contribution in [0.4, 0.5) is 0 Å². The number of halogens is 2. The molecule has 0 bridgehead atoms. The molecule has 0 unspecified atom stereocenters. The summed E-state index contributed by atoms with van der Waals surface area (Å²) in [4.78, 5) is 12.5. The molecular formula is C22H17BrIN3O2. The van der Waals surface area contributed by atoms with E-state index in [9.17, 15) is 4.79 Å². The van der Waals surface area contributed by atoms with Gasteiger partial charge in [0.2, 0.25) is 0 Å². The summed E-state index contributed by atoms with van der Waals surface area (Å²) in [6.07, 6.45) is 3.54. The Labute approximate surface area is 189 Å². The van der Waals surface area contributed by atoms with Crippen molar-refractivity contribution in [3.8, 4) is 0 Å². The van der Waals surface area contributed by atoms with Crippen molar-refractivity contribution < 1.29 is 9.21 Å². The van der Waals surface area contributed by atoms with Gasteiger partial charge in [0.15, 0.2) is 5.76 Å². The Balaban J connectivity index is 1.61. The van der Waals surface area contributed by atoms with Crippen LogP contribution in [0.3, 0.4) is 0 Å². The number of hydrogen-bond donors (Lipinski definition) is 1. The van der Waals surface area contributed by atoms with E-state index < -0.39 is 5.91 Å². The van der Waals surface area contributed by atoms with Gasteiger partial charge in [-0.1, -0.05) is 40.2 Å². The fourth-order valence-electron chi connectivity index (χ4n) is 3.38. The molecule has 1 amide bonds. The van der Waals surface area contributed by atoms with Crippen LogP contribution in [-0.2, 0) is 6.54 Å². The third kappa shape index (κ3) is 3.76. The van der Waals surface area contributed by atoms with Crippen LogP contribution in [0.2, 0.25) is 0 Å². The summed E-state index contributed by atoms with van der Waals surface area (Å²) in [6.45, 7) is 6.58. The highest BCUT2D eigenvalue weighted by molar-refractivity contribution is 14.1. The Morgan fingerprint density at radius 3 is 2.93 bits per heavy atom. The molecule has 2 heterocycles. The Morgan fingerprint density at radius 1 is 1.34 bits per heavy atom. The van der Waals surface area contributed by atoms with Crippen LogP contribution in [0.15, 0.2) is 69.1 Å². The van der Waals surface area contributed by atoms with Crippen LogP contribution < -0.4 is 5.43 Å². The van der Waals surface area contributed by atoms with E-state index in [1.54, 1.807) is 12.3 Å². The normalized spacial score (nSPS) is 11.6. The number of allylic oxidation sites excluding steroid dienone is 1. The number of nitrogens with one attached hydrogen (secondary N) is 1. The number of para-hydroxylation sites is 1. The second-order valence-corrected chi connectivity index (χ2v) is 8.61. The lowest BCUT2D eigenvalue weighted by Gasteiger charge is -2.03. The van der Waals surface area contributed by atoms with Crippen LogP contribution in [0.1, 0.15) is 21.8 Å². The molecule has 0 aliphatic heterocycles. The molecule has 0 aliphatic rings. The molecule has 0 saturated heterocycles. The molecule has 29 heavy (non-hydrogen) atoms. The summed E-state index contributed by atoms with van der Waals surface area (Å²) < 4.78 is 9.76. The smallest absolute Gasteiger partial charge is 0.307 e. The van der Waals surface area contributed by atoms with Gasteiger partial charge in [-0.05, 0) is 53.8 Å². The highest BCUT2D eigenvalue weighted by Crippen LogP contribution is 2.28. The molecule has 0 saturated carbocycles. The van der Waals surface area contributed by atoms with Crippen molar-refractivity contribution in [2.24, 2.45) is 5.10 Å². The number of rotatable bonds is 5. The monoisotopic (exact) mass is 561 g/mol. The Bertz CT molecular complexity index is 1290. The first-order chi connectivity index (χ1) is 14.0. The maximum absolute atomic E-state index is 12.5. The van der Waals surface area contributed by atoms with Crippen molar-refractivity contribution in [3.63, 3.8) is 0 Å². The highest BCUT2D eigenvalue weighted by Gasteiger charge is 2.15. The quantitative estimate of drug-likeness (QED) is 0.140. The van der Waals surface area contributed by atoms with E-state index in [0.29, 0.717) is 12.1 Å². The number of amides is 1. The summed E-state index contributed by atoms with van der Waals surface area (Å²) in [5, 5.41) is 6.12. The number of furan rings is 1. The zero-order valence-electron chi connectivity index (χ0n) is 15.6. The Morgan fingerprint density at radius 2 is 2.14 bits per heavy atom. The lowest BCUT2D eigenvalue weighted by atomic mass is 10.1. The first kappa shape index (κ1) is 19.9. The molecule has 0 fully saturated rings. The van der Waals surface area contributed by atoms with Gasteiger partial charge in [-0.25, -0.2) is 5.43 Å². The van der Waals surface area contributed by atoms with Crippen molar-refractivity contribution in [3.05, 3.63) is 80.2 Å². The summed E-state index contributed by atoms with van der Waals surface area (Å²) in [7, 11) is 0. The molecule has 1 N–H and O–H groups in total. The van der Waals surface area contributed by atoms with Gasteiger partial charge in [0.05, 0.1) is 9.78 Å². The van der Waals surface area contributed by atoms with E-state index >= 15 is 0 Å². The average molecular weight is 562 g/mol. The second kappa shape index (κ2) is 8.16. The standard InChI is InChI=1S/C22H17BrIN3O2/c1-3-8-27-13(2)17(16-6-4-5-7-19(16)27)12-25-26-22(28)20-10-14-9-15(23)11-18(24)21(14)29-20/h3-7,9-12H,1,8H2,2H3,(H,26,28)/b25-12-. The first-order valence-electron chi connectivity index (χ1n) is 8.90. The number of nitrogens with zero attached hydrogens (tertiary/aromatic N) is 2. The maximum atomic E-state index is 12.5. The van der Waals surface area contributed by atoms with Crippen molar-refractivity contribution >= 4 is 72.5 Å². The third-order valence-electron chi connectivity index (χ3n) is 4.71. The SMILES string of the molecule is C=CCn1c(C)c(/C=N\NC(=O)c2cc3cc(Br)cc(I)c3o2)c2ccccc21. The second-order valence-electron chi connectivity index (χ2n) is 6.53. The van der Waals surface area contributed by atoms with Crippen LogP contribution in [0.5, 0.6) is 0 Å². The van der Waals surface area contributed by atoms with Crippen molar-refractivity contribution in [1.29, 1.82) is 0 Å². The number of aromatic nitrogens is 1. The third-order valence-corrected chi connectivity index (χ3v) is 5.97. The fourth-order valence-corrected chi connectivity index (χ4v) is 5.04. The van der Waals surface area contributed by atoms with Crippen molar-refractivity contribution in [2.45, 2.75) is 13.5 Å². The fraction of sp³-hybridized carbons (Fsp3) is 0.0909. The summed E-state index contributed by atoms with van der Waals surface area (Å²) in [5.41, 5.74) is 6.39. The molecule has 5 nitrogen and oxygen atoms in total. The van der Waals surface area contributed by atoms with E-state index in [0.717, 1.165) is 35.6 Å². The van der Waals surface area contributed by atoms with Crippen LogP contribution >= 0.6 is 38.5 Å². The Hall–Kier alpha value is -2.39. The molecule has 7 heteroatoms. The number of hydrazone groups is 1. The van der Waals surface area contributed by atoms with E-state index in [4.69, 9.17) is 4.42 Å².